The molecular weight excluding hydrogens is 450 g/mol. The lowest BCUT2D eigenvalue weighted by molar-refractivity contribution is -0.167. The highest BCUT2D eigenvalue weighted by atomic mass is 16.6. The van der Waals surface area contributed by atoms with Gasteiger partial charge in [-0.05, 0) is 12.8 Å². The second kappa shape index (κ2) is 16.2. The molecule has 0 spiro atoms. The molecule has 12 nitrogen and oxygen atoms in total. The van der Waals surface area contributed by atoms with Gasteiger partial charge in [0.2, 0.25) is 5.91 Å². The Morgan fingerprint density at radius 3 is 2.21 bits per heavy atom. The van der Waals surface area contributed by atoms with Gasteiger partial charge in [-0.3, -0.25) is 19.2 Å². The van der Waals surface area contributed by atoms with Crippen LogP contribution in [0.5, 0.6) is 0 Å². The second-order valence-electron chi connectivity index (χ2n) is 7.55. The van der Waals surface area contributed by atoms with Gasteiger partial charge in [0.1, 0.15) is 19.3 Å². The Hall–Kier alpha value is -3.44. The van der Waals surface area contributed by atoms with Crippen molar-refractivity contribution in [1.29, 1.82) is 0 Å². The number of nitrogens with one attached hydrogen (secondary N) is 2. The zero-order valence-electron chi connectivity index (χ0n) is 19.5. The van der Waals surface area contributed by atoms with Crippen molar-refractivity contribution in [2.45, 2.75) is 77.4 Å². The molecule has 190 valence electrons. The average molecular weight is 484 g/mol. The smallest absolute Gasteiger partial charge is 0.326 e. The molecule has 0 aliphatic carbocycles. The summed E-state index contributed by atoms with van der Waals surface area (Å²) in [5.41, 5.74) is 0.464. The summed E-state index contributed by atoms with van der Waals surface area (Å²) in [5.74, 6) is -3.57. The molecule has 0 aromatic carbocycles. The summed E-state index contributed by atoms with van der Waals surface area (Å²) in [5, 5.41) is 11.6. The molecular formula is C22H33N3O9. The van der Waals surface area contributed by atoms with E-state index < -0.39 is 41.9 Å². The van der Waals surface area contributed by atoms with Crippen LogP contribution >= 0.6 is 0 Å². The summed E-state index contributed by atoms with van der Waals surface area (Å²) in [6.45, 7) is 3.15. The number of aromatic amines is 1. The molecule has 2 atom stereocenters. The van der Waals surface area contributed by atoms with Crippen LogP contribution in [0.1, 0.15) is 64.5 Å². The number of ether oxygens (including phenoxy) is 3. The quantitative estimate of drug-likeness (QED) is 0.216. The zero-order chi connectivity index (χ0) is 25.3. The summed E-state index contributed by atoms with van der Waals surface area (Å²) >= 11 is 0. The van der Waals surface area contributed by atoms with E-state index in [9.17, 15) is 29.1 Å². The van der Waals surface area contributed by atoms with Gasteiger partial charge in [0.25, 0.3) is 0 Å². The van der Waals surface area contributed by atoms with Gasteiger partial charge in [-0.2, -0.15) is 0 Å². The number of aliphatic carboxylic acids is 1. The van der Waals surface area contributed by atoms with E-state index in [0.29, 0.717) is 18.5 Å². The van der Waals surface area contributed by atoms with E-state index in [-0.39, 0.29) is 45.3 Å². The third-order valence-corrected chi connectivity index (χ3v) is 4.50. The topological polar surface area (TPSA) is 174 Å². The standard InChI is InChI=1S/C22H33N3O9/c1-3-5-7-19(27)32-12-16(34-21(29)6-4-2)13-33-20(28)9-8-18(26)25-17(22(30)31)10-15-11-23-14-24-15/h11,14,16-17H,3-10,12-13H2,1-2H3,(H,23,24)(H,25,26)(H,30,31). The molecule has 0 aliphatic heterocycles. The van der Waals surface area contributed by atoms with Crippen LogP contribution < -0.4 is 5.32 Å². The molecule has 1 amide bonds. The van der Waals surface area contributed by atoms with Crippen molar-refractivity contribution < 1.29 is 43.3 Å². The van der Waals surface area contributed by atoms with E-state index in [2.05, 4.69) is 15.3 Å². The highest BCUT2D eigenvalue weighted by molar-refractivity contribution is 5.85. The van der Waals surface area contributed by atoms with Crippen LogP contribution in [0.15, 0.2) is 12.5 Å². The fourth-order valence-corrected chi connectivity index (χ4v) is 2.70. The number of esters is 3. The number of unbranched alkanes of at least 4 members (excludes halogenated alkanes) is 1. The van der Waals surface area contributed by atoms with Gasteiger partial charge in [-0.25, -0.2) is 9.78 Å². The van der Waals surface area contributed by atoms with Crippen LogP contribution in [0.4, 0.5) is 0 Å². The van der Waals surface area contributed by atoms with Crippen molar-refractivity contribution in [2.75, 3.05) is 13.2 Å². The van der Waals surface area contributed by atoms with Crippen molar-refractivity contribution in [1.82, 2.24) is 15.3 Å². The first kappa shape index (κ1) is 28.6. The fraction of sp³-hybridized carbons (Fsp3) is 0.636. The number of aromatic nitrogens is 2. The first-order chi connectivity index (χ1) is 16.2. The number of nitrogens with zero attached hydrogens (tertiary/aromatic N) is 1. The number of H-pyrrole nitrogens is 1. The number of carboxylic acids is 1. The zero-order valence-corrected chi connectivity index (χ0v) is 19.5. The van der Waals surface area contributed by atoms with E-state index in [1.807, 2.05) is 6.92 Å². The summed E-state index contributed by atoms with van der Waals surface area (Å²) in [4.78, 5) is 65.6. The molecule has 0 radical (unpaired) electrons. The van der Waals surface area contributed by atoms with Crippen LogP contribution in [0.3, 0.4) is 0 Å². The van der Waals surface area contributed by atoms with E-state index in [4.69, 9.17) is 14.2 Å². The number of imidazole rings is 1. The maximum absolute atomic E-state index is 12.1. The van der Waals surface area contributed by atoms with Crippen molar-refractivity contribution >= 4 is 29.8 Å². The molecule has 1 aromatic heterocycles. The Morgan fingerprint density at radius 2 is 1.65 bits per heavy atom. The monoisotopic (exact) mass is 483 g/mol. The van der Waals surface area contributed by atoms with Crippen molar-refractivity contribution in [3.63, 3.8) is 0 Å². The van der Waals surface area contributed by atoms with Gasteiger partial charge in [0.05, 0.1) is 18.4 Å². The number of rotatable bonds is 17. The van der Waals surface area contributed by atoms with Crippen LogP contribution in [-0.4, -0.2) is 70.2 Å². The Balaban J connectivity index is 2.47. The Kier molecular flexibility index (Phi) is 13.6. The van der Waals surface area contributed by atoms with Crippen molar-refractivity contribution in [3.05, 3.63) is 18.2 Å². The van der Waals surface area contributed by atoms with Crippen LogP contribution in [0, 0.1) is 0 Å². The first-order valence-corrected chi connectivity index (χ1v) is 11.3. The number of hydrogen-bond acceptors (Lipinski definition) is 9. The van der Waals surface area contributed by atoms with Gasteiger partial charge in [0.15, 0.2) is 6.10 Å². The van der Waals surface area contributed by atoms with Crippen LogP contribution in [0.2, 0.25) is 0 Å². The first-order valence-electron chi connectivity index (χ1n) is 11.3. The molecule has 34 heavy (non-hydrogen) atoms. The molecule has 0 aliphatic rings. The number of carboxylic acid groups (broad SMARTS) is 1. The summed E-state index contributed by atoms with van der Waals surface area (Å²) in [6, 6.07) is -1.20. The Bertz CT molecular complexity index is 796. The third-order valence-electron chi connectivity index (χ3n) is 4.50. The van der Waals surface area contributed by atoms with Crippen LogP contribution in [0.25, 0.3) is 0 Å². The van der Waals surface area contributed by atoms with E-state index in [1.165, 1.54) is 12.5 Å². The van der Waals surface area contributed by atoms with E-state index >= 15 is 0 Å². The van der Waals surface area contributed by atoms with Gasteiger partial charge in [-0.1, -0.05) is 20.3 Å². The number of hydrogen-bond donors (Lipinski definition) is 3. The molecule has 0 saturated carbocycles. The van der Waals surface area contributed by atoms with E-state index in [0.717, 1.165) is 6.42 Å². The van der Waals surface area contributed by atoms with Crippen molar-refractivity contribution in [2.24, 2.45) is 0 Å². The number of carbonyl (C=O) groups is 5. The summed E-state index contributed by atoms with van der Waals surface area (Å²) in [7, 11) is 0. The molecule has 0 bridgehead atoms. The maximum Gasteiger partial charge on any atom is 0.326 e. The molecule has 0 fully saturated rings. The third kappa shape index (κ3) is 12.6. The largest absolute Gasteiger partial charge is 0.480 e. The second-order valence-corrected chi connectivity index (χ2v) is 7.55. The Morgan fingerprint density at radius 1 is 0.971 bits per heavy atom. The fourth-order valence-electron chi connectivity index (χ4n) is 2.70. The lowest BCUT2D eigenvalue weighted by atomic mass is 10.1. The predicted octanol–water partition coefficient (Wildman–Crippen LogP) is 1.29. The molecule has 1 rings (SSSR count). The normalized spacial score (nSPS) is 12.3. The average Bonchev–Trinajstić information content (AvgIpc) is 3.30. The molecule has 0 saturated heterocycles. The number of amides is 1. The lowest BCUT2D eigenvalue weighted by Crippen LogP contribution is -2.42. The van der Waals surface area contributed by atoms with Gasteiger partial charge in [0, 0.05) is 31.9 Å². The highest BCUT2D eigenvalue weighted by Crippen LogP contribution is 2.05. The highest BCUT2D eigenvalue weighted by Gasteiger charge is 2.23. The molecule has 2 unspecified atom stereocenters. The van der Waals surface area contributed by atoms with Gasteiger partial charge in [-0.15, -0.1) is 0 Å². The minimum Gasteiger partial charge on any atom is -0.480 e. The maximum atomic E-state index is 12.1. The van der Waals surface area contributed by atoms with E-state index in [1.54, 1.807) is 6.92 Å². The van der Waals surface area contributed by atoms with Crippen molar-refractivity contribution in [3.8, 4) is 0 Å². The number of carbonyl (C=O) groups excluding carboxylic acids is 4. The minimum absolute atomic E-state index is 0.0171. The Labute approximate surface area is 197 Å². The molecule has 1 heterocycles. The summed E-state index contributed by atoms with van der Waals surface area (Å²) in [6.07, 6.45) is 3.78. The predicted molar refractivity (Wildman–Crippen MR) is 117 cm³/mol. The lowest BCUT2D eigenvalue weighted by Gasteiger charge is -2.18. The van der Waals surface area contributed by atoms with Crippen LogP contribution in [-0.2, 0) is 44.6 Å². The van der Waals surface area contributed by atoms with Gasteiger partial charge < -0.3 is 29.6 Å². The minimum atomic E-state index is -1.23. The molecule has 1 aromatic rings. The molecule has 12 heteroatoms. The SMILES string of the molecule is CCCCC(=O)OCC(COC(=O)CCC(=O)NC(Cc1c[nH]cn1)C(=O)O)OC(=O)CCC. The summed E-state index contributed by atoms with van der Waals surface area (Å²) < 4.78 is 15.4. The van der Waals surface area contributed by atoms with Gasteiger partial charge >= 0.3 is 23.9 Å². The molecule has 3 N–H and O–H groups in total.